The standard InChI is InChI=1S/C23H28N4O4/c1-16-9-10-20(21(15-16)27(30)31)24-23(29)22(18-7-5-4-6-8-18)26-13-11-19(12-14-26)25(3)17(2)28/h4-10,15,19,22H,11-14H2,1-3H3,(H,24,29). The number of piperidine rings is 1. The summed E-state index contributed by atoms with van der Waals surface area (Å²) in [5.74, 6) is -0.279. The van der Waals surface area contributed by atoms with Gasteiger partial charge < -0.3 is 10.2 Å². The van der Waals surface area contributed by atoms with Crippen LogP contribution in [0, 0.1) is 17.0 Å². The van der Waals surface area contributed by atoms with Crippen molar-refractivity contribution in [3.05, 3.63) is 69.8 Å². The Hall–Kier alpha value is -3.26. The Morgan fingerprint density at radius 2 is 1.81 bits per heavy atom. The molecule has 1 aliphatic heterocycles. The van der Waals surface area contributed by atoms with Crippen molar-refractivity contribution in [1.82, 2.24) is 9.80 Å². The highest BCUT2D eigenvalue weighted by Crippen LogP contribution is 2.30. The average Bonchev–Trinajstić information content (AvgIpc) is 2.75. The lowest BCUT2D eigenvalue weighted by atomic mass is 9.97. The maximum absolute atomic E-state index is 13.4. The van der Waals surface area contributed by atoms with Gasteiger partial charge in [-0.3, -0.25) is 24.6 Å². The minimum atomic E-state index is -0.578. The van der Waals surface area contributed by atoms with Crippen molar-refractivity contribution in [1.29, 1.82) is 0 Å². The number of anilines is 1. The van der Waals surface area contributed by atoms with Gasteiger partial charge in [-0.05, 0) is 37.0 Å². The molecule has 1 N–H and O–H groups in total. The van der Waals surface area contributed by atoms with Crippen molar-refractivity contribution in [2.75, 3.05) is 25.5 Å². The van der Waals surface area contributed by atoms with Gasteiger partial charge >= 0.3 is 0 Å². The number of carbonyl (C=O) groups excluding carboxylic acids is 2. The van der Waals surface area contributed by atoms with E-state index in [2.05, 4.69) is 10.2 Å². The summed E-state index contributed by atoms with van der Waals surface area (Å²) >= 11 is 0. The van der Waals surface area contributed by atoms with Crippen LogP contribution in [0.15, 0.2) is 48.5 Å². The third kappa shape index (κ3) is 5.27. The average molecular weight is 425 g/mol. The number of nitrogens with zero attached hydrogens (tertiary/aromatic N) is 3. The number of likely N-dealkylation sites (tertiary alicyclic amines) is 1. The second kappa shape index (κ2) is 9.70. The molecule has 0 spiro atoms. The van der Waals surface area contributed by atoms with Gasteiger partial charge in [-0.25, -0.2) is 0 Å². The molecule has 2 aromatic carbocycles. The lowest BCUT2D eigenvalue weighted by Gasteiger charge is -2.39. The van der Waals surface area contributed by atoms with Crippen LogP contribution in [0.25, 0.3) is 0 Å². The summed E-state index contributed by atoms with van der Waals surface area (Å²) in [4.78, 5) is 39.9. The van der Waals surface area contributed by atoms with Crippen LogP contribution in [-0.4, -0.2) is 52.7 Å². The molecule has 0 aliphatic carbocycles. The Balaban J connectivity index is 1.84. The smallest absolute Gasteiger partial charge is 0.293 e. The molecule has 3 rings (SSSR count). The van der Waals surface area contributed by atoms with Crippen LogP contribution in [0.4, 0.5) is 11.4 Å². The maximum Gasteiger partial charge on any atom is 0.293 e. The van der Waals surface area contributed by atoms with E-state index in [0.29, 0.717) is 13.1 Å². The number of hydrogen-bond acceptors (Lipinski definition) is 5. The van der Waals surface area contributed by atoms with Crippen LogP contribution < -0.4 is 5.32 Å². The number of carbonyl (C=O) groups is 2. The van der Waals surface area contributed by atoms with E-state index in [1.807, 2.05) is 30.3 Å². The van der Waals surface area contributed by atoms with Gasteiger partial charge in [-0.1, -0.05) is 36.4 Å². The first kappa shape index (κ1) is 22.4. The monoisotopic (exact) mass is 424 g/mol. The molecule has 0 aromatic heterocycles. The fourth-order valence-corrected chi connectivity index (χ4v) is 4.05. The molecule has 8 heteroatoms. The topological polar surface area (TPSA) is 95.8 Å². The molecule has 1 heterocycles. The van der Waals surface area contributed by atoms with Crippen molar-refractivity contribution in [3.8, 4) is 0 Å². The second-order valence-electron chi connectivity index (χ2n) is 7.98. The van der Waals surface area contributed by atoms with E-state index in [9.17, 15) is 19.7 Å². The van der Waals surface area contributed by atoms with Crippen LogP contribution in [-0.2, 0) is 9.59 Å². The lowest BCUT2D eigenvalue weighted by molar-refractivity contribution is -0.384. The summed E-state index contributed by atoms with van der Waals surface area (Å²) in [6, 6.07) is 13.7. The van der Waals surface area contributed by atoms with Gasteiger partial charge in [-0.2, -0.15) is 0 Å². The Morgan fingerprint density at radius 3 is 2.39 bits per heavy atom. The number of nitrogens with one attached hydrogen (secondary N) is 1. The molecule has 0 radical (unpaired) electrons. The van der Waals surface area contributed by atoms with Gasteiger partial charge in [0, 0.05) is 39.2 Å². The Bertz CT molecular complexity index is 955. The highest BCUT2D eigenvalue weighted by atomic mass is 16.6. The van der Waals surface area contributed by atoms with E-state index in [1.54, 1.807) is 37.9 Å². The first-order chi connectivity index (χ1) is 14.8. The highest BCUT2D eigenvalue weighted by Gasteiger charge is 2.33. The zero-order valence-corrected chi connectivity index (χ0v) is 18.1. The van der Waals surface area contributed by atoms with Crippen LogP contribution in [0.3, 0.4) is 0 Å². The summed E-state index contributed by atoms with van der Waals surface area (Å²) in [5, 5.41) is 14.2. The summed E-state index contributed by atoms with van der Waals surface area (Å²) < 4.78 is 0. The van der Waals surface area contributed by atoms with Crippen LogP contribution >= 0.6 is 0 Å². The minimum Gasteiger partial charge on any atom is -0.343 e. The SMILES string of the molecule is CC(=O)N(C)C1CCN(C(C(=O)Nc2ccc(C)cc2[N+](=O)[O-])c2ccccc2)CC1. The molecule has 164 valence electrons. The van der Waals surface area contributed by atoms with Crippen molar-refractivity contribution in [2.24, 2.45) is 0 Å². The molecule has 1 saturated heterocycles. The molecule has 1 atom stereocenters. The summed E-state index contributed by atoms with van der Waals surface area (Å²) in [6.45, 7) is 4.62. The molecular weight excluding hydrogens is 396 g/mol. The number of nitro groups is 1. The fraction of sp³-hybridized carbons (Fsp3) is 0.391. The van der Waals surface area contributed by atoms with Gasteiger partial charge in [0.2, 0.25) is 11.8 Å². The lowest BCUT2D eigenvalue weighted by Crippen LogP contribution is -2.48. The predicted octanol–water partition coefficient (Wildman–Crippen LogP) is 3.53. The molecule has 8 nitrogen and oxygen atoms in total. The first-order valence-corrected chi connectivity index (χ1v) is 10.4. The largest absolute Gasteiger partial charge is 0.343 e. The summed E-state index contributed by atoms with van der Waals surface area (Å²) in [7, 11) is 1.81. The summed E-state index contributed by atoms with van der Waals surface area (Å²) in [6.07, 6.45) is 1.52. The molecule has 0 saturated carbocycles. The fourth-order valence-electron chi connectivity index (χ4n) is 4.05. The summed E-state index contributed by atoms with van der Waals surface area (Å²) in [5.41, 5.74) is 1.64. The van der Waals surface area contributed by atoms with Gasteiger partial charge in [-0.15, -0.1) is 0 Å². The molecular formula is C23H28N4O4. The number of aryl methyl sites for hydroxylation is 1. The van der Waals surface area contributed by atoms with Gasteiger partial charge in [0.05, 0.1) is 4.92 Å². The second-order valence-corrected chi connectivity index (χ2v) is 7.98. The quantitative estimate of drug-likeness (QED) is 0.565. The normalized spacial score (nSPS) is 15.8. The van der Waals surface area contributed by atoms with Crippen LogP contribution in [0.1, 0.15) is 36.9 Å². The molecule has 1 aliphatic rings. The van der Waals surface area contributed by atoms with Crippen LogP contribution in [0.5, 0.6) is 0 Å². The molecule has 2 amide bonds. The molecule has 0 bridgehead atoms. The number of benzene rings is 2. The highest BCUT2D eigenvalue weighted by molar-refractivity contribution is 5.97. The van der Waals surface area contributed by atoms with Gasteiger partial charge in [0.25, 0.3) is 5.69 Å². The van der Waals surface area contributed by atoms with Gasteiger partial charge in [0.1, 0.15) is 11.7 Å². The number of hydrogen-bond donors (Lipinski definition) is 1. The first-order valence-electron chi connectivity index (χ1n) is 10.4. The molecule has 31 heavy (non-hydrogen) atoms. The number of rotatable bonds is 6. The van der Waals surface area contributed by atoms with Crippen molar-refractivity contribution >= 4 is 23.2 Å². The Labute approximate surface area is 182 Å². The molecule has 1 fully saturated rings. The number of amides is 2. The van der Waals surface area contributed by atoms with E-state index in [4.69, 9.17) is 0 Å². The van der Waals surface area contributed by atoms with E-state index in [0.717, 1.165) is 24.0 Å². The van der Waals surface area contributed by atoms with Crippen molar-refractivity contribution < 1.29 is 14.5 Å². The predicted molar refractivity (Wildman–Crippen MR) is 119 cm³/mol. The minimum absolute atomic E-state index is 0.0301. The zero-order chi connectivity index (χ0) is 22.5. The maximum atomic E-state index is 13.4. The van der Waals surface area contributed by atoms with E-state index in [-0.39, 0.29) is 29.2 Å². The molecule has 2 aromatic rings. The van der Waals surface area contributed by atoms with E-state index in [1.165, 1.54) is 6.07 Å². The Morgan fingerprint density at radius 1 is 1.16 bits per heavy atom. The number of nitro benzene ring substituents is 1. The molecule has 1 unspecified atom stereocenters. The van der Waals surface area contributed by atoms with E-state index >= 15 is 0 Å². The third-order valence-corrected chi connectivity index (χ3v) is 5.88. The third-order valence-electron chi connectivity index (χ3n) is 5.88. The zero-order valence-electron chi connectivity index (χ0n) is 18.1. The Kier molecular flexibility index (Phi) is 7.02. The van der Waals surface area contributed by atoms with Crippen LogP contribution in [0.2, 0.25) is 0 Å². The van der Waals surface area contributed by atoms with Crippen molar-refractivity contribution in [2.45, 2.75) is 38.8 Å². The van der Waals surface area contributed by atoms with E-state index < -0.39 is 11.0 Å². The van der Waals surface area contributed by atoms with Crippen molar-refractivity contribution in [3.63, 3.8) is 0 Å². The van der Waals surface area contributed by atoms with Gasteiger partial charge in [0.15, 0.2) is 0 Å².